The Morgan fingerprint density at radius 2 is 0.610 bits per heavy atom. The highest BCUT2D eigenvalue weighted by atomic mass is 16.5. The van der Waals surface area contributed by atoms with E-state index in [0.29, 0.717) is 19.4 Å². The van der Waals surface area contributed by atoms with Gasteiger partial charge in [-0.3, -0.25) is 9.59 Å². The van der Waals surface area contributed by atoms with Gasteiger partial charge in [-0.15, -0.1) is 0 Å². The van der Waals surface area contributed by atoms with Crippen molar-refractivity contribution in [2.45, 2.75) is 424 Å². The molecule has 3 N–H and O–H groups in total. The van der Waals surface area contributed by atoms with Gasteiger partial charge in [-0.2, -0.15) is 0 Å². The normalized spacial score (nSPS) is 12.7. The maximum absolute atomic E-state index is 12.5. The van der Waals surface area contributed by atoms with Crippen molar-refractivity contribution in [1.82, 2.24) is 5.32 Å². The van der Waals surface area contributed by atoms with E-state index in [2.05, 4.69) is 43.5 Å². The minimum atomic E-state index is -0.843. The van der Waals surface area contributed by atoms with E-state index in [1.807, 2.05) is 6.08 Å². The Bertz CT molecular complexity index is 1330. The molecule has 1 amide bonds. The Kier molecular flexibility index (Phi) is 69.9. The summed E-state index contributed by atoms with van der Waals surface area (Å²) < 4.78 is 5.49. The molecule has 484 valence electrons. The van der Waals surface area contributed by atoms with E-state index in [9.17, 15) is 19.8 Å². The summed E-state index contributed by atoms with van der Waals surface area (Å²) in [4.78, 5) is 24.6. The molecule has 0 saturated heterocycles. The van der Waals surface area contributed by atoms with Crippen molar-refractivity contribution in [3.63, 3.8) is 0 Å². The Morgan fingerprint density at radius 3 is 0.951 bits per heavy atom. The summed E-state index contributed by atoms with van der Waals surface area (Å²) in [5.41, 5.74) is 0. The third kappa shape index (κ3) is 67.2. The molecule has 0 rings (SSSR count). The van der Waals surface area contributed by atoms with Gasteiger partial charge in [0.15, 0.2) is 0 Å². The Morgan fingerprint density at radius 1 is 0.341 bits per heavy atom. The minimum absolute atomic E-state index is 0.00565. The third-order valence-corrected chi connectivity index (χ3v) is 17.4. The van der Waals surface area contributed by atoms with Crippen molar-refractivity contribution in [2.24, 2.45) is 0 Å². The van der Waals surface area contributed by atoms with Crippen LogP contribution in [0.15, 0.2) is 36.5 Å². The zero-order valence-corrected chi connectivity index (χ0v) is 55.5. The summed E-state index contributed by atoms with van der Waals surface area (Å²) in [5, 5.41) is 23.3. The molecule has 2 atom stereocenters. The summed E-state index contributed by atoms with van der Waals surface area (Å²) >= 11 is 0. The number of esters is 1. The van der Waals surface area contributed by atoms with E-state index in [4.69, 9.17) is 4.74 Å². The predicted molar refractivity (Wildman–Crippen MR) is 361 cm³/mol. The largest absolute Gasteiger partial charge is 0.466 e. The molecule has 2 unspecified atom stereocenters. The number of hydrogen-bond acceptors (Lipinski definition) is 5. The molecule has 0 aliphatic heterocycles. The third-order valence-electron chi connectivity index (χ3n) is 17.4. The van der Waals surface area contributed by atoms with Crippen LogP contribution in [0.5, 0.6) is 0 Å². The van der Waals surface area contributed by atoms with Crippen molar-refractivity contribution < 1.29 is 24.5 Å². The quantitative estimate of drug-likeness (QED) is 0.0320. The number of ether oxygens (including phenoxy) is 1. The molecule has 0 radical (unpaired) electrons. The molecule has 82 heavy (non-hydrogen) atoms. The Hall–Kier alpha value is -1.92. The second kappa shape index (κ2) is 71.6. The summed E-state index contributed by atoms with van der Waals surface area (Å²) in [5.74, 6) is -0.0548. The van der Waals surface area contributed by atoms with Crippen LogP contribution in [0, 0.1) is 0 Å². The number of aliphatic hydroxyl groups is 2. The maximum atomic E-state index is 12.5. The average Bonchev–Trinajstić information content (AvgIpc) is 3.48. The van der Waals surface area contributed by atoms with Gasteiger partial charge in [-0.25, -0.2) is 0 Å². The number of amides is 1. The summed E-state index contributed by atoms with van der Waals surface area (Å²) in [7, 11) is 0. The smallest absolute Gasteiger partial charge is 0.305 e. The molecule has 0 aliphatic rings. The second-order valence-electron chi connectivity index (χ2n) is 25.6. The fraction of sp³-hybridized carbons (Fsp3) is 0.895. The Balaban J connectivity index is 3.37. The number of carbonyl (C=O) groups excluding carboxylic acids is 2. The van der Waals surface area contributed by atoms with Gasteiger partial charge in [0, 0.05) is 12.8 Å². The fourth-order valence-electron chi connectivity index (χ4n) is 11.7. The van der Waals surface area contributed by atoms with E-state index in [-0.39, 0.29) is 18.5 Å². The molecule has 6 heteroatoms. The van der Waals surface area contributed by atoms with Gasteiger partial charge in [0.1, 0.15) is 0 Å². The number of allylic oxidation sites excluding steroid dienone is 5. The lowest BCUT2D eigenvalue weighted by Crippen LogP contribution is -2.45. The first kappa shape index (κ1) is 80.1. The van der Waals surface area contributed by atoms with Crippen molar-refractivity contribution >= 4 is 11.9 Å². The van der Waals surface area contributed by atoms with E-state index < -0.39 is 12.1 Å². The summed E-state index contributed by atoms with van der Waals surface area (Å²) in [6.45, 7) is 4.91. The average molecular weight is 1150 g/mol. The molecule has 0 bridgehead atoms. The Labute approximate surface area is 513 Å². The second-order valence-corrected chi connectivity index (χ2v) is 25.6. The first-order chi connectivity index (χ1) is 40.5. The number of carbonyl (C=O) groups is 2. The zero-order chi connectivity index (χ0) is 59.2. The summed E-state index contributed by atoms with van der Waals surface area (Å²) in [6, 6.07) is -0.626. The number of aliphatic hydroxyl groups excluding tert-OH is 2. The van der Waals surface area contributed by atoms with E-state index in [1.165, 1.54) is 334 Å². The highest BCUT2D eigenvalue weighted by Crippen LogP contribution is 2.19. The van der Waals surface area contributed by atoms with Crippen LogP contribution >= 0.6 is 0 Å². The fourth-order valence-corrected chi connectivity index (χ4v) is 11.7. The van der Waals surface area contributed by atoms with E-state index in [0.717, 1.165) is 51.4 Å². The molecule has 0 heterocycles. The van der Waals surface area contributed by atoms with Crippen LogP contribution in [0.3, 0.4) is 0 Å². The molecule has 0 aromatic rings. The van der Waals surface area contributed by atoms with E-state index in [1.54, 1.807) is 6.08 Å². The van der Waals surface area contributed by atoms with Gasteiger partial charge < -0.3 is 20.3 Å². The van der Waals surface area contributed by atoms with Crippen LogP contribution < -0.4 is 5.32 Å². The highest BCUT2D eigenvalue weighted by molar-refractivity contribution is 5.76. The predicted octanol–water partition coefficient (Wildman–Crippen LogP) is 24.3. The van der Waals surface area contributed by atoms with Crippen LogP contribution in [0.4, 0.5) is 0 Å². The number of unbranched alkanes of at least 4 members (excludes halogenated alkanes) is 55. The molecule has 0 aromatic carbocycles. The highest BCUT2D eigenvalue weighted by Gasteiger charge is 2.18. The topological polar surface area (TPSA) is 95.9 Å². The first-order valence-corrected chi connectivity index (χ1v) is 37.3. The van der Waals surface area contributed by atoms with Crippen LogP contribution in [-0.4, -0.2) is 47.4 Å². The number of nitrogens with one attached hydrogen (secondary N) is 1. The van der Waals surface area contributed by atoms with E-state index >= 15 is 0 Å². The lowest BCUT2D eigenvalue weighted by molar-refractivity contribution is -0.143. The monoisotopic (exact) mass is 1150 g/mol. The van der Waals surface area contributed by atoms with Crippen molar-refractivity contribution in [3.05, 3.63) is 36.5 Å². The van der Waals surface area contributed by atoms with Gasteiger partial charge in [-0.1, -0.05) is 371 Å². The molecular weight excluding hydrogens is 1010 g/mol. The van der Waals surface area contributed by atoms with Crippen LogP contribution in [0.1, 0.15) is 412 Å². The number of hydrogen-bond donors (Lipinski definition) is 3. The van der Waals surface area contributed by atoms with Gasteiger partial charge in [0.05, 0.1) is 25.4 Å². The lowest BCUT2D eigenvalue weighted by atomic mass is 10.0. The van der Waals surface area contributed by atoms with Gasteiger partial charge >= 0.3 is 5.97 Å². The summed E-state index contributed by atoms with van der Waals surface area (Å²) in [6.07, 6.45) is 92.4. The lowest BCUT2D eigenvalue weighted by Gasteiger charge is -2.20. The zero-order valence-electron chi connectivity index (χ0n) is 55.5. The van der Waals surface area contributed by atoms with Crippen molar-refractivity contribution in [1.29, 1.82) is 0 Å². The number of rotatable bonds is 70. The van der Waals surface area contributed by atoms with Crippen LogP contribution in [0.25, 0.3) is 0 Å². The minimum Gasteiger partial charge on any atom is -0.466 e. The van der Waals surface area contributed by atoms with Gasteiger partial charge in [0.25, 0.3) is 0 Å². The molecular formula is C76H145NO5. The van der Waals surface area contributed by atoms with Crippen molar-refractivity contribution in [2.75, 3.05) is 13.2 Å². The van der Waals surface area contributed by atoms with Crippen LogP contribution in [-0.2, 0) is 14.3 Å². The van der Waals surface area contributed by atoms with Gasteiger partial charge in [-0.05, 0) is 64.2 Å². The first-order valence-electron chi connectivity index (χ1n) is 37.3. The standard InChI is InChI=1S/C76H145NO5/c1-3-5-7-9-11-13-15-17-19-20-21-31-34-37-41-44-48-52-56-60-64-68-74(79)73(72-78)77-75(80)69-65-61-57-53-49-45-42-38-35-32-29-27-25-23-22-24-26-28-30-33-36-39-43-47-51-55-59-63-67-71-82-76(81)70-66-62-58-54-50-46-40-18-16-14-12-10-8-6-4-2/h12,14,18,40,64,68,73-74,78-79H,3-11,13,15-17,19-39,41-63,65-67,69-72H2,1-2H3,(H,77,80)/b14-12-,40-18-,68-64+. The molecule has 0 aliphatic carbocycles. The van der Waals surface area contributed by atoms with Crippen molar-refractivity contribution in [3.8, 4) is 0 Å². The maximum Gasteiger partial charge on any atom is 0.305 e. The molecule has 0 aromatic heterocycles. The molecule has 0 fully saturated rings. The molecule has 0 saturated carbocycles. The SMILES string of the molecule is CCCCC/C=C\C/C=C\CCCCCCCC(=O)OCCCCCCCCCCCCCCCCCCCCCCCCCCCCCCCC(=O)NC(CO)C(O)/C=C/CCCCCCCCCCCCCCCCCCCCC. The van der Waals surface area contributed by atoms with Crippen LogP contribution in [0.2, 0.25) is 0 Å². The molecule has 6 nitrogen and oxygen atoms in total. The molecule has 0 spiro atoms. The van der Waals surface area contributed by atoms with Gasteiger partial charge in [0.2, 0.25) is 5.91 Å².